The number of likely N-dealkylation sites (tertiary alicyclic amines) is 2. The molecule has 0 aliphatic carbocycles. The van der Waals surface area contributed by atoms with E-state index in [2.05, 4.69) is 22.1 Å². The first-order chi connectivity index (χ1) is 15.7. The summed E-state index contributed by atoms with van der Waals surface area (Å²) in [5, 5.41) is 0. The largest absolute Gasteiger partial charge is 0.342 e. The van der Waals surface area contributed by atoms with Crippen molar-refractivity contribution in [2.24, 2.45) is 5.92 Å². The van der Waals surface area contributed by atoms with E-state index < -0.39 is 0 Å². The molecular formula is C25H29N5O2. The normalized spacial score (nSPS) is 17.2. The van der Waals surface area contributed by atoms with Crippen molar-refractivity contribution in [3.8, 4) is 0 Å². The van der Waals surface area contributed by atoms with Gasteiger partial charge in [-0.3, -0.25) is 9.59 Å². The van der Waals surface area contributed by atoms with E-state index in [1.165, 1.54) is 5.56 Å². The van der Waals surface area contributed by atoms with Crippen molar-refractivity contribution in [1.82, 2.24) is 24.3 Å². The number of aromatic nitrogens is 3. The highest BCUT2D eigenvalue weighted by Gasteiger charge is 2.31. The van der Waals surface area contributed by atoms with Gasteiger partial charge >= 0.3 is 0 Å². The van der Waals surface area contributed by atoms with Crippen molar-refractivity contribution >= 4 is 23.0 Å². The number of amides is 2. The van der Waals surface area contributed by atoms with Crippen LogP contribution in [0.3, 0.4) is 0 Å². The second-order valence-electron chi connectivity index (χ2n) is 8.84. The topological polar surface area (TPSA) is 71.3 Å². The van der Waals surface area contributed by atoms with Gasteiger partial charge < -0.3 is 14.4 Å². The lowest BCUT2D eigenvalue weighted by Gasteiger charge is -2.33. The molecule has 1 aromatic carbocycles. The molecule has 2 aromatic heterocycles. The summed E-state index contributed by atoms with van der Waals surface area (Å²) in [7, 11) is 0. The van der Waals surface area contributed by atoms with Gasteiger partial charge in [-0.1, -0.05) is 30.3 Å². The molecule has 0 unspecified atom stereocenters. The zero-order valence-electron chi connectivity index (χ0n) is 18.3. The Hall–Kier alpha value is -3.22. The number of carbonyl (C=O) groups excluding carboxylic acids is 2. The van der Waals surface area contributed by atoms with Crippen molar-refractivity contribution in [3.63, 3.8) is 0 Å². The quantitative estimate of drug-likeness (QED) is 0.622. The van der Waals surface area contributed by atoms with E-state index in [0.717, 1.165) is 62.9 Å². The van der Waals surface area contributed by atoms with Gasteiger partial charge in [0, 0.05) is 44.8 Å². The number of rotatable bonds is 5. The molecule has 0 bridgehead atoms. The van der Waals surface area contributed by atoms with Crippen molar-refractivity contribution in [2.45, 2.75) is 38.6 Å². The fourth-order valence-electron chi connectivity index (χ4n) is 4.83. The maximum absolute atomic E-state index is 13.0. The summed E-state index contributed by atoms with van der Waals surface area (Å²) in [5.41, 5.74) is 3.37. The molecule has 0 N–H and O–H groups in total. The Morgan fingerprint density at radius 1 is 0.938 bits per heavy atom. The summed E-state index contributed by atoms with van der Waals surface area (Å²) in [6.45, 7) is 3.81. The van der Waals surface area contributed by atoms with Crippen molar-refractivity contribution in [3.05, 3.63) is 60.0 Å². The predicted octanol–water partition coefficient (Wildman–Crippen LogP) is 3.15. The number of imidazole rings is 1. The number of nitrogens with zero attached hydrogens (tertiary/aromatic N) is 5. The number of piperidine rings is 1. The number of pyridine rings is 1. The van der Waals surface area contributed by atoms with Gasteiger partial charge in [-0.25, -0.2) is 9.97 Å². The minimum Gasteiger partial charge on any atom is -0.342 e. The Kier molecular flexibility index (Phi) is 5.88. The maximum Gasteiger partial charge on any atom is 0.255 e. The number of benzene rings is 1. The molecule has 2 aliphatic rings. The van der Waals surface area contributed by atoms with E-state index in [4.69, 9.17) is 0 Å². The highest BCUT2D eigenvalue weighted by Crippen LogP contribution is 2.23. The molecule has 7 heteroatoms. The molecule has 0 atom stereocenters. The average molecular weight is 432 g/mol. The average Bonchev–Trinajstić information content (AvgIpc) is 3.52. The van der Waals surface area contributed by atoms with Crippen LogP contribution in [-0.2, 0) is 17.8 Å². The van der Waals surface area contributed by atoms with Gasteiger partial charge in [-0.15, -0.1) is 0 Å². The zero-order chi connectivity index (χ0) is 21.9. The van der Waals surface area contributed by atoms with E-state index in [9.17, 15) is 9.59 Å². The van der Waals surface area contributed by atoms with E-state index in [1.807, 2.05) is 38.6 Å². The minimum absolute atomic E-state index is 0.0229. The molecule has 2 saturated heterocycles. The van der Waals surface area contributed by atoms with Crippen LogP contribution in [0.15, 0.2) is 48.9 Å². The number of carbonyl (C=O) groups is 2. The number of fused-ring (bicyclic) bond motifs is 1. The van der Waals surface area contributed by atoms with Crippen LogP contribution in [0.5, 0.6) is 0 Å². The lowest BCUT2D eigenvalue weighted by atomic mass is 9.95. The molecule has 2 fully saturated rings. The predicted molar refractivity (Wildman–Crippen MR) is 122 cm³/mol. The molecule has 0 saturated carbocycles. The van der Waals surface area contributed by atoms with E-state index in [1.54, 1.807) is 12.5 Å². The standard InChI is InChI=1S/C25H29N5O2/c31-24(28-11-4-5-12-28)20-9-14-29(15-10-20)25(32)21-16-22-23(26-17-21)30(18-27-22)13-8-19-6-2-1-3-7-19/h1-3,6-7,16-18,20H,4-5,8-15H2. The lowest BCUT2D eigenvalue weighted by molar-refractivity contribution is -0.135. The number of hydrogen-bond acceptors (Lipinski definition) is 4. The Labute approximate surface area is 188 Å². The van der Waals surface area contributed by atoms with Crippen molar-refractivity contribution in [1.29, 1.82) is 0 Å². The van der Waals surface area contributed by atoms with Gasteiger partial charge in [-0.05, 0) is 43.7 Å². The number of aryl methyl sites for hydroxylation is 2. The maximum atomic E-state index is 13.0. The molecule has 0 radical (unpaired) electrons. The molecule has 166 valence electrons. The smallest absolute Gasteiger partial charge is 0.255 e. The van der Waals surface area contributed by atoms with E-state index >= 15 is 0 Å². The molecule has 7 nitrogen and oxygen atoms in total. The third-order valence-corrected chi connectivity index (χ3v) is 6.74. The van der Waals surface area contributed by atoms with Crippen LogP contribution in [0.2, 0.25) is 0 Å². The van der Waals surface area contributed by atoms with Gasteiger partial charge in [-0.2, -0.15) is 0 Å². The van der Waals surface area contributed by atoms with Gasteiger partial charge in [0.2, 0.25) is 5.91 Å². The first kappa shape index (κ1) is 20.7. The Bertz CT molecular complexity index is 1100. The second kappa shape index (κ2) is 9.10. The molecule has 3 aromatic rings. The fraction of sp³-hybridized carbons (Fsp3) is 0.440. The summed E-state index contributed by atoms with van der Waals surface area (Å²) >= 11 is 0. The van der Waals surface area contributed by atoms with Crippen LogP contribution in [0.1, 0.15) is 41.6 Å². The van der Waals surface area contributed by atoms with Gasteiger partial charge in [0.15, 0.2) is 5.65 Å². The second-order valence-corrected chi connectivity index (χ2v) is 8.84. The van der Waals surface area contributed by atoms with Crippen LogP contribution in [-0.4, -0.2) is 62.3 Å². The van der Waals surface area contributed by atoms with Gasteiger partial charge in [0.05, 0.1) is 11.9 Å². The third kappa shape index (κ3) is 4.24. The Morgan fingerprint density at radius 3 is 2.44 bits per heavy atom. The SMILES string of the molecule is O=C(c1cnc2c(c1)ncn2CCc1ccccc1)N1CCC(C(=O)N2CCCC2)CC1. The van der Waals surface area contributed by atoms with E-state index in [-0.39, 0.29) is 17.7 Å². The number of hydrogen-bond donors (Lipinski definition) is 0. The highest BCUT2D eigenvalue weighted by atomic mass is 16.2. The summed E-state index contributed by atoms with van der Waals surface area (Å²) < 4.78 is 2.03. The van der Waals surface area contributed by atoms with Crippen LogP contribution >= 0.6 is 0 Å². The van der Waals surface area contributed by atoms with Crippen LogP contribution in [0.4, 0.5) is 0 Å². The van der Waals surface area contributed by atoms with Crippen LogP contribution in [0.25, 0.3) is 11.2 Å². The first-order valence-electron chi connectivity index (χ1n) is 11.6. The molecular weight excluding hydrogens is 402 g/mol. The monoisotopic (exact) mass is 431 g/mol. The fourth-order valence-corrected chi connectivity index (χ4v) is 4.83. The first-order valence-corrected chi connectivity index (χ1v) is 11.6. The Morgan fingerprint density at radius 2 is 1.69 bits per heavy atom. The summed E-state index contributed by atoms with van der Waals surface area (Å²) in [5.74, 6) is 0.308. The van der Waals surface area contributed by atoms with Crippen molar-refractivity contribution in [2.75, 3.05) is 26.2 Å². The molecule has 0 spiro atoms. The third-order valence-electron chi connectivity index (χ3n) is 6.74. The zero-order valence-corrected chi connectivity index (χ0v) is 18.3. The molecule has 2 aliphatic heterocycles. The van der Waals surface area contributed by atoms with Gasteiger partial charge in [0.1, 0.15) is 5.52 Å². The van der Waals surface area contributed by atoms with Gasteiger partial charge in [0.25, 0.3) is 5.91 Å². The van der Waals surface area contributed by atoms with E-state index in [0.29, 0.717) is 18.7 Å². The molecule has 4 heterocycles. The van der Waals surface area contributed by atoms with Crippen LogP contribution < -0.4 is 0 Å². The summed E-state index contributed by atoms with van der Waals surface area (Å²) in [6.07, 6.45) is 8.06. The molecule has 32 heavy (non-hydrogen) atoms. The Balaban J connectivity index is 1.21. The minimum atomic E-state index is -0.0229. The molecule has 5 rings (SSSR count). The lowest BCUT2D eigenvalue weighted by Crippen LogP contribution is -2.43. The van der Waals surface area contributed by atoms with Crippen LogP contribution in [0, 0.1) is 5.92 Å². The summed E-state index contributed by atoms with van der Waals surface area (Å²) in [4.78, 5) is 38.6. The van der Waals surface area contributed by atoms with Crippen molar-refractivity contribution < 1.29 is 9.59 Å². The highest BCUT2D eigenvalue weighted by molar-refractivity contribution is 5.96. The molecule has 2 amide bonds. The summed E-state index contributed by atoms with van der Waals surface area (Å²) in [6, 6.07) is 12.2.